The van der Waals surface area contributed by atoms with Crippen molar-refractivity contribution in [1.29, 1.82) is 0 Å². The first-order valence-corrected chi connectivity index (χ1v) is 9.03. The quantitative estimate of drug-likeness (QED) is 0.706. The highest BCUT2D eigenvalue weighted by atomic mass is 32.1. The minimum absolute atomic E-state index is 0.777. The third kappa shape index (κ3) is 2.61. The monoisotopic (exact) mass is 323 g/mol. The van der Waals surface area contributed by atoms with Crippen LogP contribution >= 0.6 is 11.3 Å². The number of hydrogen-bond acceptors (Lipinski definition) is 4. The van der Waals surface area contributed by atoms with Crippen LogP contribution in [0.2, 0.25) is 0 Å². The van der Waals surface area contributed by atoms with Crippen LogP contribution in [0.4, 0.5) is 11.5 Å². The summed E-state index contributed by atoms with van der Waals surface area (Å²) in [5, 5.41) is 4.75. The summed E-state index contributed by atoms with van der Waals surface area (Å²) in [4.78, 5) is 11.7. The third-order valence-electron chi connectivity index (χ3n) is 4.86. The predicted octanol–water partition coefficient (Wildman–Crippen LogP) is 5.18. The summed E-state index contributed by atoms with van der Waals surface area (Å²) in [7, 11) is 0. The molecule has 3 aromatic rings. The molecule has 23 heavy (non-hydrogen) atoms. The molecule has 2 heterocycles. The fourth-order valence-corrected chi connectivity index (χ4v) is 4.68. The Morgan fingerprint density at radius 3 is 2.87 bits per heavy atom. The van der Waals surface area contributed by atoms with E-state index < -0.39 is 0 Å². The van der Waals surface area contributed by atoms with E-state index in [1.165, 1.54) is 39.8 Å². The number of anilines is 2. The molecule has 1 aliphatic rings. The Bertz CT molecular complexity index is 882. The van der Waals surface area contributed by atoms with Crippen LogP contribution in [0.1, 0.15) is 34.9 Å². The molecule has 118 valence electrons. The normalized spacial score (nSPS) is 17.3. The van der Waals surface area contributed by atoms with Crippen molar-refractivity contribution in [2.45, 2.75) is 40.0 Å². The Morgan fingerprint density at radius 1 is 1.17 bits per heavy atom. The molecule has 1 aromatic carbocycles. The molecule has 1 N–H and O–H groups in total. The second-order valence-electron chi connectivity index (χ2n) is 6.68. The van der Waals surface area contributed by atoms with Gasteiger partial charge in [-0.05, 0) is 67.9 Å². The molecule has 4 rings (SSSR count). The van der Waals surface area contributed by atoms with Gasteiger partial charge in [-0.15, -0.1) is 11.3 Å². The van der Waals surface area contributed by atoms with Gasteiger partial charge in [-0.2, -0.15) is 0 Å². The maximum Gasteiger partial charge on any atom is 0.142 e. The maximum absolute atomic E-state index is 4.54. The first-order chi connectivity index (χ1) is 11.1. The topological polar surface area (TPSA) is 37.8 Å². The van der Waals surface area contributed by atoms with Crippen molar-refractivity contribution < 1.29 is 0 Å². The molecule has 0 aliphatic heterocycles. The minimum Gasteiger partial charge on any atom is -0.340 e. The second-order valence-corrected chi connectivity index (χ2v) is 7.76. The van der Waals surface area contributed by atoms with Crippen LogP contribution in [0.5, 0.6) is 0 Å². The summed E-state index contributed by atoms with van der Waals surface area (Å²) in [6.45, 7) is 6.62. The van der Waals surface area contributed by atoms with Gasteiger partial charge in [0.25, 0.3) is 0 Å². The second kappa shape index (κ2) is 5.60. The predicted molar refractivity (Wildman–Crippen MR) is 97.8 cm³/mol. The van der Waals surface area contributed by atoms with Crippen LogP contribution in [0.15, 0.2) is 24.5 Å². The zero-order valence-corrected chi connectivity index (χ0v) is 14.6. The summed E-state index contributed by atoms with van der Waals surface area (Å²) in [5.74, 6) is 1.73. The zero-order chi connectivity index (χ0) is 16.0. The fraction of sp³-hybridized carbons (Fsp3) is 0.368. The molecule has 1 atom stereocenters. The summed E-state index contributed by atoms with van der Waals surface area (Å²) in [6.07, 6.45) is 5.26. The summed E-state index contributed by atoms with van der Waals surface area (Å²) in [5.41, 5.74) is 5.17. The molecule has 1 aliphatic carbocycles. The largest absolute Gasteiger partial charge is 0.340 e. The van der Waals surface area contributed by atoms with Gasteiger partial charge in [0.2, 0.25) is 0 Å². The van der Waals surface area contributed by atoms with Crippen LogP contribution < -0.4 is 5.32 Å². The molecule has 0 saturated carbocycles. The maximum atomic E-state index is 4.54. The van der Waals surface area contributed by atoms with Crippen molar-refractivity contribution >= 4 is 33.1 Å². The number of benzene rings is 1. The lowest BCUT2D eigenvalue weighted by Gasteiger charge is -2.18. The van der Waals surface area contributed by atoms with Gasteiger partial charge in [0.05, 0.1) is 5.39 Å². The van der Waals surface area contributed by atoms with Crippen molar-refractivity contribution in [2.24, 2.45) is 5.92 Å². The number of fused-ring (bicyclic) bond motifs is 3. The molecular weight excluding hydrogens is 302 g/mol. The van der Waals surface area contributed by atoms with E-state index in [1.54, 1.807) is 6.33 Å². The molecule has 0 radical (unpaired) electrons. The Labute approximate surface area is 140 Å². The van der Waals surface area contributed by atoms with Crippen molar-refractivity contribution in [1.82, 2.24) is 9.97 Å². The van der Waals surface area contributed by atoms with E-state index in [0.29, 0.717) is 0 Å². The lowest BCUT2D eigenvalue weighted by Crippen LogP contribution is -2.09. The molecule has 0 saturated heterocycles. The summed E-state index contributed by atoms with van der Waals surface area (Å²) in [6, 6.07) is 6.46. The first kappa shape index (κ1) is 14.6. The van der Waals surface area contributed by atoms with Gasteiger partial charge in [0, 0.05) is 10.6 Å². The number of aromatic nitrogens is 2. The molecule has 4 heteroatoms. The van der Waals surface area contributed by atoms with Crippen molar-refractivity contribution in [3.05, 3.63) is 46.1 Å². The molecule has 0 spiro atoms. The van der Waals surface area contributed by atoms with Crippen molar-refractivity contribution in [3.8, 4) is 0 Å². The van der Waals surface area contributed by atoms with E-state index >= 15 is 0 Å². The highest BCUT2D eigenvalue weighted by Gasteiger charge is 2.23. The van der Waals surface area contributed by atoms with Gasteiger partial charge in [-0.25, -0.2) is 9.97 Å². The van der Waals surface area contributed by atoms with Gasteiger partial charge in [-0.3, -0.25) is 0 Å². The average molecular weight is 323 g/mol. The highest BCUT2D eigenvalue weighted by molar-refractivity contribution is 7.19. The van der Waals surface area contributed by atoms with Gasteiger partial charge < -0.3 is 5.32 Å². The molecule has 2 aromatic heterocycles. The Balaban J connectivity index is 1.79. The van der Waals surface area contributed by atoms with Gasteiger partial charge >= 0.3 is 0 Å². The van der Waals surface area contributed by atoms with Crippen LogP contribution in [0, 0.1) is 19.8 Å². The Kier molecular flexibility index (Phi) is 3.57. The minimum atomic E-state index is 0.777. The Hall–Kier alpha value is -1.94. The number of aryl methyl sites for hydroxylation is 3. The van der Waals surface area contributed by atoms with E-state index in [0.717, 1.165) is 28.7 Å². The molecule has 0 bridgehead atoms. The van der Waals surface area contributed by atoms with Gasteiger partial charge in [0.1, 0.15) is 17.0 Å². The lowest BCUT2D eigenvalue weighted by atomic mass is 9.89. The summed E-state index contributed by atoms with van der Waals surface area (Å²) >= 11 is 1.84. The SMILES string of the molecule is Cc1ccc(Nc2ncnc3sc4c(c23)CC[C@H](C)C4)cc1C. The van der Waals surface area contributed by atoms with E-state index in [2.05, 4.69) is 54.3 Å². The van der Waals surface area contributed by atoms with E-state index in [4.69, 9.17) is 0 Å². The van der Waals surface area contributed by atoms with Gasteiger partial charge in [-0.1, -0.05) is 13.0 Å². The number of nitrogens with zero attached hydrogens (tertiary/aromatic N) is 2. The number of thiophene rings is 1. The number of rotatable bonds is 2. The number of hydrogen-bond donors (Lipinski definition) is 1. The summed E-state index contributed by atoms with van der Waals surface area (Å²) < 4.78 is 0. The van der Waals surface area contributed by atoms with E-state index in [-0.39, 0.29) is 0 Å². The standard InChI is InChI=1S/C19H21N3S/c1-11-4-7-15-16(8-11)23-19-17(15)18(20-10-21-19)22-14-6-5-12(2)13(3)9-14/h5-6,9-11H,4,7-8H2,1-3H3,(H,20,21,22)/t11-/m0/s1. The van der Waals surface area contributed by atoms with Crippen LogP contribution in [0.3, 0.4) is 0 Å². The third-order valence-corrected chi connectivity index (χ3v) is 6.02. The molecule has 0 fully saturated rings. The fourth-order valence-electron chi connectivity index (χ4n) is 3.33. The molecule has 0 amide bonds. The molecule has 0 unspecified atom stereocenters. The van der Waals surface area contributed by atoms with E-state index in [9.17, 15) is 0 Å². The lowest BCUT2D eigenvalue weighted by molar-refractivity contribution is 0.509. The molecule has 3 nitrogen and oxygen atoms in total. The van der Waals surface area contributed by atoms with Crippen LogP contribution in [-0.2, 0) is 12.8 Å². The average Bonchev–Trinajstić information content (AvgIpc) is 2.89. The Morgan fingerprint density at radius 2 is 2.04 bits per heavy atom. The number of nitrogens with one attached hydrogen (secondary N) is 1. The zero-order valence-electron chi connectivity index (χ0n) is 13.8. The first-order valence-electron chi connectivity index (χ1n) is 8.21. The van der Waals surface area contributed by atoms with E-state index in [1.807, 2.05) is 11.3 Å². The van der Waals surface area contributed by atoms with Gasteiger partial charge in [0.15, 0.2) is 0 Å². The molecular formula is C19H21N3S. The van der Waals surface area contributed by atoms with Crippen LogP contribution in [-0.4, -0.2) is 9.97 Å². The van der Waals surface area contributed by atoms with Crippen LogP contribution in [0.25, 0.3) is 10.2 Å². The smallest absolute Gasteiger partial charge is 0.142 e. The van der Waals surface area contributed by atoms with Crippen molar-refractivity contribution in [3.63, 3.8) is 0 Å². The van der Waals surface area contributed by atoms with Crippen molar-refractivity contribution in [2.75, 3.05) is 5.32 Å². The highest BCUT2D eigenvalue weighted by Crippen LogP contribution is 2.40.